The van der Waals surface area contributed by atoms with Crippen molar-refractivity contribution in [3.05, 3.63) is 29.8 Å². The van der Waals surface area contributed by atoms with Crippen LogP contribution in [0, 0.1) is 0 Å². The highest BCUT2D eigenvalue weighted by molar-refractivity contribution is 7.99. The number of aliphatic carboxylic acids is 1. The molecule has 0 fully saturated rings. The number of amides is 1. The summed E-state index contributed by atoms with van der Waals surface area (Å²) >= 11 is 1.48. The SMILES string of the molecule is CSC(C)C(=O)NCc1cccc(OCC(=O)O)c1. The van der Waals surface area contributed by atoms with Crippen LogP contribution in [0.2, 0.25) is 0 Å². The minimum absolute atomic E-state index is 0.0237. The molecule has 0 spiro atoms. The lowest BCUT2D eigenvalue weighted by Crippen LogP contribution is -2.30. The maximum atomic E-state index is 11.6. The molecule has 19 heavy (non-hydrogen) atoms. The third-order valence-corrected chi connectivity index (χ3v) is 3.37. The van der Waals surface area contributed by atoms with E-state index in [1.165, 1.54) is 11.8 Å². The molecule has 1 aromatic rings. The number of ether oxygens (including phenoxy) is 1. The Labute approximate surface area is 116 Å². The Morgan fingerprint density at radius 3 is 2.84 bits per heavy atom. The standard InChI is InChI=1S/C13H17NO4S/c1-9(19-2)13(17)14-7-10-4-3-5-11(6-10)18-8-12(15)16/h3-6,9H,7-8H2,1-2H3,(H,14,17)(H,15,16). The van der Waals surface area contributed by atoms with E-state index in [0.717, 1.165) is 5.56 Å². The average molecular weight is 283 g/mol. The second kappa shape index (κ2) is 7.68. The van der Waals surface area contributed by atoms with Crippen molar-refractivity contribution in [3.8, 4) is 5.75 Å². The molecule has 6 heteroatoms. The molecule has 1 rings (SSSR count). The summed E-state index contributed by atoms with van der Waals surface area (Å²) in [5.41, 5.74) is 0.865. The van der Waals surface area contributed by atoms with Gasteiger partial charge in [-0.05, 0) is 30.9 Å². The van der Waals surface area contributed by atoms with Crippen LogP contribution >= 0.6 is 11.8 Å². The first-order chi connectivity index (χ1) is 9.02. The zero-order valence-corrected chi connectivity index (χ0v) is 11.7. The Balaban J connectivity index is 2.52. The van der Waals surface area contributed by atoms with Gasteiger partial charge in [-0.2, -0.15) is 11.8 Å². The number of nitrogens with one attached hydrogen (secondary N) is 1. The van der Waals surface area contributed by atoms with Gasteiger partial charge in [0.25, 0.3) is 0 Å². The second-order valence-corrected chi connectivity index (χ2v) is 5.10. The third kappa shape index (κ3) is 5.65. The van der Waals surface area contributed by atoms with E-state index in [4.69, 9.17) is 9.84 Å². The van der Waals surface area contributed by atoms with Gasteiger partial charge in [0.2, 0.25) is 5.91 Å². The van der Waals surface area contributed by atoms with Crippen LogP contribution in [0.1, 0.15) is 12.5 Å². The van der Waals surface area contributed by atoms with Crippen LogP contribution < -0.4 is 10.1 Å². The number of carbonyl (C=O) groups excluding carboxylic acids is 1. The molecule has 0 aromatic heterocycles. The number of carboxylic acid groups (broad SMARTS) is 1. The van der Waals surface area contributed by atoms with Crippen LogP contribution in [0.15, 0.2) is 24.3 Å². The van der Waals surface area contributed by atoms with Gasteiger partial charge in [0.05, 0.1) is 5.25 Å². The molecule has 1 atom stereocenters. The van der Waals surface area contributed by atoms with Crippen LogP contribution in [0.25, 0.3) is 0 Å². The van der Waals surface area contributed by atoms with Gasteiger partial charge in [0.15, 0.2) is 6.61 Å². The lowest BCUT2D eigenvalue weighted by molar-refractivity contribution is -0.139. The summed E-state index contributed by atoms with van der Waals surface area (Å²) in [4.78, 5) is 22.0. The van der Waals surface area contributed by atoms with Crippen LogP contribution in [-0.2, 0) is 16.1 Å². The number of benzene rings is 1. The highest BCUT2D eigenvalue weighted by Crippen LogP contribution is 2.13. The zero-order valence-electron chi connectivity index (χ0n) is 10.9. The number of rotatable bonds is 7. The number of thioether (sulfide) groups is 1. The lowest BCUT2D eigenvalue weighted by atomic mass is 10.2. The van der Waals surface area contributed by atoms with Gasteiger partial charge >= 0.3 is 5.97 Å². The number of hydrogen-bond donors (Lipinski definition) is 2. The maximum absolute atomic E-state index is 11.6. The molecule has 0 saturated carbocycles. The van der Waals surface area contributed by atoms with E-state index >= 15 is 0 Å². The second-order valence-electron chi connectivity index (χ2n) is 3.93. The smallest absolute Gasteiger partial charge is 0.341 e. The van der Waals surface area contributed by atoms with Crippen molar-refractivity contribution >= 4 is 23.6 Å². The topological polar surface area (TPSA) is 75.6 Å². The largest absolute Gasteiger partial charge is 0.482 e. The highest BCUT2D eigenvalue weighted by atomic mass is 32.2. The Morgan fingerprint density at radius 2 is 2.21 bits per heavy atom. The Hall–Kier alpha value is -1.69. The fraction of sp³-hybridized carbons (Fsp3) is 0.385. The number of carbonyl (C=O) groups is 2. The fourth-order valence-corrected chi connectivity index (χ4v) is 1.63. The summed E-state index contributed by atoms with van der Waals surface area (Å²) in [6.07, 6.45) is 1.88. The normalized spacial score (nSPS) is 11.7. The zero-order chi connectivity index (χ0) is 14.3. The molecule has 5 nitrogen and oxygen atoms in total. The van der Waals surface area contributed by atoms with Crippen LogP contribution in [0.3, 0.4) is 0 Å². The van der Waals surface area contributed by atoms with Gasteiger partial charge in [-0.1, -0.05) is 12.1 Å². The van der Waals surface area contributed by atoms with Gasteiger partial charge in [0.1, 0.15) is 5.75 Å². The van der Waals surface area contributed by atoms with Crippen molar-refractivity contribution in [2.24, 2.45) is 0 Å². The molecule has 0 saturated heterocycles. The summed E-state index contributed by atoms with van der Waals surface area (Å²) in [6, 6.07) is 7.00. The molecule has 1 aromatic carbocycles. The summed E-state index contributed by atoms with van der Waals surface area (Å²) in [5.74, 6) is -0.566. The van der Waals surface area contributed by atoms with Crippen molar-refractivity contribution in [2.75, 3.05) is 12.9 Å². The van der Waals surface area contributed by atoms with Gasteiger partial charge in [0, 0.05) is 6.54 Å². The molecule has 0 aliphatic carbocycles. The fourth-order valence-electron chi connectivity index (χ4n) is 1.33. The van der Waals surface area contributed by atoms with Gasteiger partial charge in [-0.15, -0.1) is 0 Å². The third-order valence-electron chi connectivity index (χ3n) is 2.45. The van der Waals surface area contributed by atoms with Crippen LogP contribution in [0.4, 0.5) is 0 Å². The van der Waals surface area contributed by atoms with Gasteiger partial charge in [-0.3, -0.25) is 4.79 Å². The Kier molecular flexibility index (Phi) is 6.21. The van der Waals surface area contributed by atoms with Crippen molar-refractivity contribution in [3.63, 3.8) is 0 Å². The lowest BCUT2D eigenvalue weighted by Gasteiger charge is -2.10. The molecular formula is C13H17NO4S. The van der Waals surface area contributed by atoms with Crippen LogP contribution in [-0.4, -0.2) is 35.1 Å². The molecule has 1 unspecified atom stereocenters. The maximum Gasteiger partial charge on any atom is 0.341 e. The van der Waals surface area contributed by atoms with E-state index in [1.54, 1.807) is 18.2 Å². The Bertz CT molecular complexity index is 450. The first-order valence-corrected chi connectivity index (χ1v) is 7.05. The predicted octanol–water partition coefficient (Wildman–Crippen LogP) is 1.52. The molecule has 0 aliphatic rings. The van der Waals surface area contributed by atoms with E-state index in [2.05, 4.69) is 5.32 Å². The average Bonchev–Trinajstić information content (AvgIpc) is 2.42. The highest BCUT2D eigenvalue weighted by Gasteiger charge is 2.10. The van der Waals surface area contributed by atoms with Crippen LogP contribution in [0.5, 0.6) is 5.75 Å². The van der Waals surface area contributed by atoms with Crippen molar-refractivity contribution in [2.45, 2.75) is 18.7 Å². The summed E-state index contributed by atoms with van der Waals surface area (Å²) in [5, 5.41) is 11.2. The van der Waals surface area contributed by atoms with E-state index in [1.807, 2.05) is 19.2 Å². The molecular weight excluding hydrogens is 266 g/mol. The number of hydrogen-bond acceptors (Lipinski definition) is 4. The molecule has 1 amide bonds. The summed E-state index contributed by atoms with van der Waals surface area (Å²) in [7, 11) is 0. The van der Waals surface area contributed by atoms with E-state index in [0.29, 0.717) is 12.3 Å². The van der Waals surface area contributed by atoms with Crippen molar-refractivity contribution < 1.29 is 19.4 Å². The predicted molar refractivity (Wildman–Crippen MR) is 74.4 cm³/mol. The first-order valence-electron chi connectivity index (χ1n) is 5.77. The summed E-state index contributed by atoms with van der Waals surface area (Å²) in [6.45, 7) is 1.86. The number of carboxylic acids is 1. The summed E-state index contributed by atoms with van der Waals surface area (Å²) < 4.78 is 5.07. The van der Waals surface area contributed by atoms with E-state index < -0.39 is 5.97 Å². The monoisotopic (exact) mass is 283 g/mol. The molecule has 0 bridgehead atoms. The van der Waals surface area contributed by atoms with Crippen molar-refractivity contribution in [1.82, 2.24) is 5.32 Å². The molecule has 0 radical (unpaired) electrons. The molecule has 2 N–H and O–H groups in total. The van der Waals surface area contributed by atoms with Crippen molar-refractivity contribution in [1.29, 1.82) is 0 Å². The minimum Gasteiger partial charge on any atom is -0.482 e. The molecule has 104 valence electrons. The molecule has 0 heterocycles. The molecule has 0 aliphatic heterocycles. The van der Waals surface area contributed by atoms with Gasteiger partial charge < -0.3 is 15.2 Å². The van der Waals surface area contributed by atoms with Gasteiger partial charge in [-0.25, -0.2) is 4.79 Å². The van der Waals surface area contributed by atoms with E-state index in [9.17, 15) is 9.59 Å². The minimum atomic E-state index is -1.02. The first kappa shape index (κ1) is 15.4. The quantitative estimate of drug-likeness (QED) is 0.793. The Morgan fingerprint density at radius 1 is 1.47 bits per heavy atom. The van der Waals surface area contributed by atoms with E-state index in [-0.39, 0.29) is 17.8 Å².